The zero-order valence-corrected chi connectivity index (χ0v) is 9.76. The Kier molecular flexibility index (Phi) is 4.07. The SMILES string of the molecule is CCS(=O)CCN1C(=O)C(C)NC1C. The Bertz CT molecular complexity index is 245. The molecule has 0 radical (unpaired) electrons. The van der Waals surface area contributed by atoms with Crippen LogP contribution in [-0.2, 0) is 15.6 Å². The molecule has 0 saturated carbocycles. The molecule has 1 saturated heterocycles. The standard InChI is InChI=1S/C9H18N2O2S/c1-4-14(13)6-5-11-8(3)10-7(2)9(11)12/h7-8,10H,4-6H2,1-3H3. The Morgan fingerprint density at radius 2 is 2.14 bits per heavy atom. The average Bonchev–Trinajstić information content (AvgIpc) is 2.39. The van der Waals surface area contributed by atoms with Crippen LogP contribution in [0.1, 0.15) is 20.8 Å². The molecule has 3 unspecified atom stereocenters. The van der Waals surface area contributed by atoms with E-state index in [0.717, 1.165) is 0 Å². The second kappa shape index (κ2) is 4.89. The van der Waals surface area contributed by atoms with E-state index in [2.05, 4.69) is 5.32 Å². The second-order valence-electron chi connectivity index (χ2n) is 3.53. The van der Waals surface area contributed by atoms with Gasteiger partial charge in [-0.05, 0) is 13.8 Å². The third kappa shape index (κ3) is 2.54. The van der Waals surface area contributed by atoms with E-state index in [1.165, 1.54) is 0 Å². The average molecular weight is 218 g/mol. The van der Waals surface area contributed by atoms with Gasteiger partial charge in [-0.15, -0.1) is 0 Å². The van der Waals surface area contributed by atoms with Crippen molar-refractivity contribution in [3.8, 4) is 0 Å². The molecule has 3 atom stereocenters. The first-order valence-electron chi connectivity index (χ1n) is 4.97. The molecule has 1 N–H and O–H groups in total. The summed E-state index contributed by atoms with van der Waals surface area (Å²) in [6.07, 6.45) is 0.0753. The van der Waals surface area contributed by atoms with Gasteiger partial charge >= 0.3 is 0 Å². The molecule has 14 heavy (non-hydrogen) atoms. The van der Waals surface area contributed by atoms with E-state index in [4.69, 9.17) is 0 Å². The molecule has 0 aliphatic carbocycles. The number of carbonyl (C=O) groups excluding carboxylic acids is 1. The van der Waals surface area contributed by atoms with E-state index >= 15 is 0 Å². The molecule has 1 amide bonds. The highest BCUT2D eigenvalue weighted by Gasteiger charge is 2.32. The van der Waals surface area contributed by atoms with E-state index in [9.17, 15) is 9.00 Å². The van der Waals surface area contributed by atoms with Gasteiger partial charge in [0.15, 0.2) is 0 Å². The largest absolute Gasteiger partial charge is 0.325 e. The highest BCUT2D eigenvalue weighted by atomic mass is 32.2. The van der Waals surface area contributed by atoms with Crippen molar-refractivity contribution >= 4 is 16.7 Å². The quantitative estimate of drug-likeness (QED) is 0.718. The Balaban J connectivity index is 2.44. The minimum atomic E-state index is -0.786. The number of hydrogen-bond donors (Lipinski definition) is 1. The molecular formula is C9H18N2O2S. The van der Waals surface area contributed by atoms with E-state index in [0.29, 0.717) is 18.1 Å². The summed E-state index contributed by atoms with van der Waals surface area (Å²) in [7, 11) is -0.786. The third-order valence-corrected chi connectivity index (χ3v) is 3.78. The summed E-state index contributed by atoms with van der Waals surface area (Å²) >= 11 is 0. The van der Waals surface area contributed by atoms with Gasteiger partial charge in [0.2, 0.25) is 5.91 Å². The Morgan fingerprint density at radius 3 is 2.57 bits per heavy atom. The summed E-state index contributed by atoms with van der Waals surface area (Å²) in [5.41, 5.74) is 0. The molecule has 1 heterocycles. The molecule has 0 aromatic carbocycles. The third-order valence-electron chi connectivity index (χ3n) is 2.49. The lowest BCUT2D eigenvalue weighted by molar-refractivity contribution is -0.129. The molecular weight excluding hydrogens is 200 g/mol. The van der Waals surface area contributed by atoms with E-state index in [1.807, 2.05) is 20.8 Å². The fraction of sp³-hybridized carbons (Fsp3) is 0.889. The van der Waals surface area contributed by atoms with Gasteiger partial charge in [0.1, 0.15) is 0 Å². The molecule has 1 aliphatic heterocycles. The first kappa shape index (κ1) is 11.7. The highest BCUT2D eigenvalue weighted by molar-refractivity contribution is 7.84. The lowest BCUT2D eigenvalue weighted by Crippen LogP contribution is -2.37. The number of hydrogen-bond acceptors (Lipinski definition) is 3. The van der Waals surface area contributed by atoms with E-state index < -0.39 is 10.8 Å². The van der Waals surface area contributed by atoms with Crippen LogP contribution < -0.4 is 5.32 Å². The zero-order chi connectivity index (χ0) is 10.7. The van der Waals surface area contributed by atoms with Crippen LogP contribution >= 0.6 is 0 Å². The van der Waals surface area contributed by atoms with Crippen LogP contribution in [0.3, 0.4) is 0 Å². The lowest BCUT2D eigenvalue weighted by atomic mass is 10.3. The topological polar surface area (TPSA) is 49.4 Å². The van der Waals surface area contributed by atoms with Gasteiger partial charge in [-0.1, -0.05) is 6.92 Å². The maximum absolute atomic E-state index is 11.6. The van der Waals surface area contributed by atoms with Crippen molar-refractivity contribution in [2.75, 3.05) is 18.1 Å². The fourth-order valence-electron chi connectivity index (χ4n) is 1.61. The molecule has 4 nitrogen and oxygen atoms in total. The summed E-state index contributed by atoms with van der Waals surface area (Å²) < 4.78 is 11.2. The number of nitrogens with zero attached hydrogens (tertiary/aromatic N) is 1. The van der Waals surface area contributed by atoms with Gasteiger partial charge < -0.3 is 4.90 Å². The number of amides is 1. The van der Waals surface area contributed by atoms with Crippen molar-refractivity contribution < 1.29 is 9.00 Å². The monoisotopic (exact) mass is 218 g/mol. The zero-order valence-electron chi connectivity index (χ0n) is 8.95. The maximum atomic E-state index is 11.6. The summed E-state index contributed by atoms with van der Waals surface area (Å²) in [5.74, 6) is 1.37. The molecule has 0 spiro atoms. The van der Waals surface area contributed by atoms with Crippen LogP contribution in [0, 0.1) is 0 Å². The van der Waals surface area contributed by atoms with Crippen molar-refractivity contribution in [2.24, 2.45) is 0 Å². The predicted molar refractivity (Wildman–Crippen MR) is 57.3 cm³/mol. The fourth-order valence-corrected chi connectivity index (χ4v) is 2.30. The Morgan fingerprint density at radius 1 is 1.50 bits per heavy atom. The second-order valence-corrected chi connectivity index (χ2v) is 5.39. The van der Waals surface area contributed by atoms with Crippen LogP contribution in [-0.4, -0.2) is 45.3 Å². The van der Waals surface area contributed by atoms with Crippen LogP contribution in [0.5, 0.6) is 0 Å². The van der Waals surface area contributed by atoms with Gasteiger partial charge in [-0.25, -0.2) is 0 Å². The van der Waals surface area contributed by atoms with Crippen molar-refractivity contribution in [1.82, 2.24) is 10.2 Å². The van der Waals surface area contributed by atoms with Crippen molar-refractivity contribution in [3.63, 3.8) is 0 Å². The van der Waals surface area contributed by atoms with E-state index in [-0.39, 0.29) is 18.1 Å². The number of nitrogens with one attached hydrogen (secondary N) is 1. The number of carbonyl (C=O) groups is 1. The molecule has 1 aliphatic rings. The van der Waals surface area contributed by atoms with Gasteiger partial charge in [0.25, 0.3) is 0 Å². The van der Waals surface area contributed by atoms with Gasteiger partial charge in [-0.2, -0.15) is 0 Å². The Hall–Kier alpha value is -0.420. The first-order valence-corrected chi connectivity index (χ1v) is 6.46. The van der Waals surface area contributed by atoms with Crippen molar-refractivity contribution in [2.45, 2.75) is 33.0 Å². The van der Waals surface area contributed by atoms with Crippen molar-refractivity contribution in [3.05, 3.63) is 0 Å². The molecule has 0 aromatic heterocycles. The summed E-state index contributed by atoms with van der Waals surface area (Å²) in [6, 6.07) is -0.0972. The smallest absolute Gasteiger partial charge is 0.240 e. The Labute approximate surface area is 87.5 Å². The molecule has 1 fully saturated rings. The minimum Gasteiger partial charge on any atom is -0.325 e. The molecule has 1 rings (SSSR count). The van der Waals surface area contributed by atoms with Crippen LogP contribution in [0.25, 0.3) is 0 Å². The molecule has 82 valence electrons. The molecule has 0 aromatic rings. The van der Waals surface area contributed by atoms with Gasteiger partial charge in [0.05, 0.1) is 12.2 Å². The summed E-state index contributed by atoms with van der Waals surface area (Å²) in [6.45, 7) is 6.30. The predicted octanol–water partition coefficient (Wildman–Crippen LogP) is -0.0787. The highest BCUT2D eigenvalue weighted by Crippen LogP contribution is 2.09. The van der Waals surface area contributed by atoms with Gasteiger partial charge in [0, 0.05) is 28.9 Å². The maximum Gasteiger partial charge on any atom is 0.240 e. The van der Waals surface area contributed by atoms with Gasteiger partial charge in [-0.3, -0.25) is 14.3 Å². The normalized spacial score (nSPS) is 29.6. The molecule has 0 bridgehead atoms. The lowest BCUT2D eigenvalue weighted by Gasteiger charge is -2.20. The van der Waals surface area contributed by atoms with Crippen LogP contribution in [0.2, 0.25) is 0 Å². The summed E-state index contributed by atoms with van der Waals surface area (Å²) in [4.78, 5) is 13.3. The molecule has 5 heteroatoms. The summed E-state index contributed by atoms with van der Waals surface area (Å²) in [5, 5.41) is 3.14. The minimum absolute atomic E-state index is 0.0753. The number of rotatable bonds is 4. The van der Waals surface area contributed by atoms with Crippen molar-refractivity contribution in [1.29, 1.82) is 0 Å². The first-order chi connectivity index (χ1) is 6.56. The van der Waals surface area contributed by atoms with Crippen LogP contribution in [0.15, 0.2) is 0 Å². The van der Waals surface area contributed by atoms with E-state index in [1.54, 1.807) is 4.90 Å². The van der Waals surface area contributed by atoms with Crippen LogP contribution in [0.4, 0.5) is 0 Å².